The summed E-state index contributed by atoms with van der Waals surface area (Å²) in [6, 6.07) is 0. The molecule has 0 aromatic carbocycles. The summed E-state index contributed by atoms with van der Waals surface area (Å²) in [5, 5.41) is 13.5. The number of hydrogen-bond donors (Lipinski definition) is 6. The summed E-state index contributed by atoms with van der Waals surface area (Å²) < 4.78 is 1.85. The van der Waals surface area contributed by atoms with Gasteiger partial charge in [-0.05, 0) is 51.4 Å². The van der Waals surface area contributed by atoms with Gasteiger partial charge >= 0.3 is 0 Å². The van der Waals surface area contributed by atoms with Gasteiger partial charge in [0, 0.05) is 39.3 Å². The zero-order valence-corrected chi connectivity index (χ0v) is 20.9. The molecule has 1 atom stereocenters. The molecular formula is C23H42N10O2. The van der Waals surface area contributed by atoms with Crippen molar-refractivity contribution in [2.75, 3.05) is 71.2 Å². The molecule has 12 nitrogen and oxygen atoms in total. The molecule has 1 aliphatic heterocycles. The molecule has 0 bridgehead atoms. The second kappa shape index (κ2) is 14.8. The van der Waals surface area contributed by atoms with Crippen molar-refractivity contribution in [2.24, 2.45) is 5.92 Å². The number of fused-ring (bicyclic) bond motifs is 1. The van der Waals surface area contributed by atoms with Crippen molar-refractivity contribution in [1.82, 2.24) is 45.7 Å². The quantitative estimate of drug-likeness (QED) is 0.276. The van der Waals surface area contributed by atoms with Crippen LogP contribution in [0.5, 0.6) is 0 Å². The fraction of sp³-hybridized carbons (Fsp3) is 0.739. The Morgan fingerprint density at radius 2 is 1.86 bits per heavy atom. The lowest BCUT2D eigenvalue weighted by atomic mass is 10.0. The first-order valence-electron chi connectivity index (χ1n) is 12.9. The Morgan fingerprint density at radius 3 is 2.63 bits per heavy atom. The number of carbonyl (C=O) groups excluding carboxylic acids is 1. The van der Waals surface area contributed by atoms with Crippen LogP contribution in [0.2, 0.25) is 0 Å². The third-order valence-corrected chi connectivity index (χ3v) is 6.42. The Labute approximate surface area is 206 Å². The SMILES string of the molecule is CCC(CCn1cnc2c(=O)[nH]c(N)nc21)CNC(=O)CN1CCCNCCNCCCNCC1. The molecule has 2 aromatic rings. The van der Waals surface area contributed by atoms with Gasteiger partial charge in [0.15, 0.2) is 11.2 Å². The number of hydrogen-bond acceptors (Lipinski definition) is 9. The predicted octanol–water partition coefficient (Wildman–Crippen LogP) is -0.901. The number of amides is 1. The average Bonchev–Trinajstić information content (AvgIpc) is 3.24. The molecule has 12 heteroatoms. The number of rotatable bonds is 8. The van der Waals surface area contributed by atoms with Crippen LogP contribution in [0, 0.1) is 5.92 Å². The molecule has 0 spiro atoms. The minimum absolute atomic E-state index is 0.0655. The van der Waals surface area contributed by atoms with E-state index in [0.29, 0.717) is 36.7 Å². The molecule has 1 aliphatic rings. The van der Waals surface area contributed by atoms with Gasteiger partial charge in [0.2, 0.25) is 11.9 Å². The maximum atomic E-state index is 12.7. The minimum Gasteiger partial charge on any atom is -0.369 e. The molecule has 35 heavy (non-hydrogen) atoms. The van der Waals surface area contributed by atoms with Crippen LogP contribution in [0.4, 0.5) is 5.95 Å². The molecule has 1 saturated heterocycles. The van der Waals surface area contributed by atoms with Gasteiger partial charge in [-0.15, -0.1) is 0 Å². The molecule has 0 aliphatic carbocycles. The highest BCUT2D eigenvalue weighted by Gasteiger charge is 2.15. The van der Waals surface area contributed by atoms with Crippen LogP contribution >= 0.6 is 0 Å². The van der Waals surface area contributed by atoms with E-state index in [4.69, 9.17) is 5.73 Å². The normalized spacial score (nSPS) is 18.2. The van der Waals surface area contributed by atoms with E-state index < -0.39 is 0 Å². The van der Waals surface area contributed by atoms with Gasteiger partial charge in [-0.25, -0.2) is 4.98 Å². The number of nitrogens with one attached hydrogen (secondary N) is 5. The van der Waals surface area contributed by atoms with Crippen LogP contribution in [-0.4, -0.2) is 95.8 Å². The van der Waals surface area contributed by atoms with Gasteiger partial charge in [-0.2, -0.15) is 4.98 Å². The first-order chi connectivity index (χ1) is 17.1. The standard InChI is InChI=1S/C23H42N10O2/c1-2-18(5-13-33-17-29-20-21(33)30-23(24)31-22(20)35)15-28-19(34)16-32-12-4-8-26-10-9-25-6-3-7-27-11-14-32/h17-18,25-27H,2-16H2,1H3,(H,28,34)(H3,24,30,31,35). The summed E-state index contributed by atoms with van der Waals surface area (Å²) >= 11 is 0. The zero-order chi connectivity index (χ0) is 24.9. The summed E-state index contributed by atoms with van der Waals surface area (Å²) in [5.74, 6) is 0.462. The van der Waals surface area contributed by atoms with Crippen molar-refractivity contribution in [3.63, 3.8) is 0 Å². The number of nitrogens with two attached hydrogens (primary N) is 1. The average molecular weight is 491 g/mol. The monoisotopic (exact) mass is 490 g/mol. The fourth-order valence-corrected chi connectivity index (χ4v) is 4.25. The molecule has 7 N–H and O–H groups in total. The first kappa shape index (κ1) is 27.1. The number of aryl methyl sites for hydroxylation is 1. The Balaban J connectivity index is 1.44. The van der Waals surface area contributed by atoms with E-state index in [1.54, 1.807) is 6.33 Å². The molecule has 3 rings (SSSR count). The second-order valence-electron chi connectivity index (χ2n) is 9.16. The van der Waals surface area contributed by atoms with Crippen LogP contribution in [0.3, 0.4) is 0 Å². The number of nitrogens with zero attached hydrogens (tertiary/aromatic N) is 4. The fourth-order valence-electron chi connectivity index (χ4n) is 4.25. The maximum absolute atomic E-state index is 12.7. The summed E-state index contributed by atoms with van der Waals surface area (Å²) in [5.41, 5.74) is 6.14. The van der Waals surface area contributed by atoms with Crippen LogP contribution in [0.25, 0.3) is 11.2 Å². The Kier molecular flexibility index (Phi) is 11.4. The minimum atomic E-state index is -0.332. The van der Waals surface area contributed by atoms with Gasteiger partial charge in [-0.3, -0.25) is 19.5 Å². The van der Waals surface area contributed by atoms with Gasteiger partial charge in [-0.1, -0.05) is 13.3 Å². The third-order valence-electron chi connectivity index (χ3n) is 6.42. The van der Waals surface area contributed by atoms with Crippen LogP contribution in [0.1, 0.15) is 32.6 Å². The smallest absolute Gasteiger partial charge is 0.280 e. The number of anilines is 1. The predicted molar refractivity (Wildman–Crippen MR) is 138 cm³/mol. The highest BCUT2D eigenvalue weighted by atomic mass is 16.2. The number of H-pyrrole nitrogens is 1. The molecule has 1 amide bonds. The summed E-state index contributed by atoms with van der Waals surface area (Å²) in [6.07, 6.45) is 5.53. The molecule has 0 saturated carbocycles. The topological polar surface area (TPSA) is 158 Å². The Morgan fingerprint density at radius 1 is 1.11 bits per heavy atom. The molecule has 196 valence electrons. The molecule has 0 radical (unpaired) electrons. The largest absolute Gasteiger partial charge is 0.369 e. The van der Waals surface area contributed by atoms with Crippen molar-refractivity contribution >= 4 is 23.0 Å². The Bertz CT molecular complexity index is 945. The lowest BCUT2D eigenvalue weighted by Gasteiger charge is -2.23. The van der Waals surface area contributed by atoms with Crippen LogP contribution in [-0.2, 0) is 11.3 Å². The Hall–Kier alpha value is -2.54. The van der Waals surface area contributed by atoms with E-state index in [-0.39, 0.29) is 17.4 Å². The number of aromatic nitrogens is 4. The zero-order valence-electron chi connectivity index (χ0n) is 20.9. The maximum Gasteiger partial charge on any atom is 0.280 e. The van der Waals surface area contributed by atoms with Crippen molar-refractivity contribution in [3.05, 3.63) is 16.7 Å². The first-order valence-corrected chi connectivity index (χ1v) is 12.9. The molecule has 3 heterocycles. The number of nitrogen functional groups attached to an aromatic ring is 1. The third kappa shape index (κ3) is 9.21. The second-order valence-corrected chi connectivity index (χ2v) is 9.16. The molecule has 1 unspecified atom stereocenters. The molecular weight excluding hydrogens is 448 g/mol. The van der Waals surface area contributed by atoms with Gasteiger partial charge in [0.1, 0.15) is 0 Å². The van der Waals surface area contributed by atoms with Gasteiger partial charge in [0.25, 0.3) is 5.56 Å². The highest BCUT2D eigenvalue weighted by Crippen LogP contribution is 2.12. The number of aromatic amines is 1. The molecule has 2 aromatic heterocycles. The van der Waals surface area contributed by atoms with Gasteiger partial charge in [0.05, 0.1) is 12.9 Å². The molecule has 1 fully saturated rings. The lowest BCUT2D eigenvalue weighted by Crippen LogP contribution is -2.43. The number of carbonyl (C=O) groups is 1. The van der Waals surface area contributed by atoms with E-state index in [2.05, 4.69) is 48.0 Å². The van der Waals surface area contributed by atoms with Crippen molar-refractivity contribution in [2.45, 2.75) is 39.2 Å². The van der Waals surface area contributed by atoms with E-state index >= 15 is 0 Å². The van der Waals surface area contributed by atoms with Crippen LogP contribution < -0.4 is 32.6 Å². The highest BCUT2D eigenvalue weighted by molar-refractivity contribution is 5.78. The lowest BCUT2D eigenvalue weighted by molar-refractivity contribution is -0.122. The summed E-state index contributed by atoms with van der Waals surface area (Å²) in [4.78, 5) is 37.8. The van der Waals surface area contributed by atoms with E-state index in [9.17, 15) is 9.59 Å². The summed E-state index contributed by atoms with van der Waals surface area (Å²) in [6.45, 7) is 11.4. The van der Waals surface area contributed by atoms with Crippen molar-refractivity contribution in [3.8, 4) is 0 Å². The van der Waals surface area contributed by atoms with Gasteiger partial charge < -0.3 is 31.6 Å². The van der Waals surface area contributed by atoms with Crippen molar-refractivity contribution in [1.29, 1.82) is 0 Å². The van der Waals surface area contributed by atoms with Crippen molar-refractivity contribution < 1.29 is 4.79 Å². The number of imidazole rings is 1. The summed E-state index contributed by atoms with van der Waals surface area (Å²) in [7, 11) is 0. The van der Waals surface area contributed by atoms with E-state index in [1.807, 2.05) is 4.57 Å². The van der Waals surface area contributed by atoms with Crippen LogP contribution in [0.15, 0.2) is 11.1 Å². The van der Waals surface area contributed by atoms with E-state index in [0.717, 1.165) is 78.0 Å². The van der Waals surface area contributed by atoms with E-state index in [1.165, 1.54) is 0 Å².